The summed E-state index contributed by atoms with van der Waals surface area (Å²) in [5.41, 5.74) is 1.72. The van der Waals surface area contributed by atoms with Gasteiger partial charge in [-0.15, -0.1) is 11.8 Å². The van der Waals surface area contributed by atoms with Gasteiger partial charge in [0.05, 0.1) is 12.9 Å². The highest BCUT2D eigenvalue weighted by atomic mass is 32.2. The molecule has 0 fully saturated rings. The molecule has 0 atom stereocenters. The summed E-state index contributed by atoms with van der Waals surface area (Å²) in [5, 5.41) is 2.72. The van der Waals surface area contributed by atoms with E-state index >= 15 is 0 Å². The van der Waals surface area contributed by atoms with Gasteiger partial charge in [0.15, 0.2) is 0 Å². The van der Waals surface area contributed by atoms with E-state index in [4.69, 9.17) is 4.74 Å². The van der Waals surface area contributed by atoms with Crippen molar-refractivity contribution in [1.82, 2.24) is 4.90 Å². The van der Waals surface area contributed by atoms with Crippen LogP contribution in [-0.4, -0.2) is 36.6 Å². The summed E-state index contributed by atoms with van der Waals surface area (Å²) < 4.78 is 5.32. The van der Waals surface area contributed by atoms with Crippen LogP contribution in [0, 0.1) is 0 Å². The predicted octanol–water partition coefficient (Wildman–Crippen LogP) is 3.40. The van der Waals surface area contributed by atoms with Gasteiger partial charge in [0, 0.05) is 36.7 Å². The number of hydrogen-bond acceptors (Lipinski definition) is 4. The molecule has 0 bridgehead atoms. The van der Waals surface area contributed by atoms with Crippen molar-refractivity contribution < 1.29 is 14.3 Å². The van der Waals surface area contributed by atoms with E-state index < -0.39 is 0 Å². The highest BCUT2D eigenvalue weighted by Gasteiger charge is 2.12. The van der Waals surface area contributed by atoms with Crippen LogP contribution in [0.4, 0.5) is 5.69 Å². The molecule has 2 rings (SSSR count). The average Bonchev–Trinajstić information content (AvgIpc) is 2.60. The number of carbonyl (C=O) groups excluding carboxylic acids is 2. The second-order valence-corrected chi connectivity index (χ2v) is 6.60. The Kier molecular flexibility index (Phi) is 6.89. The Bertz CT molecular complexity index is 732. The molecular formula is C19H22N2O3S. The largest absolute Gasteiger partial charge is 0.496 e. The first-order valence-corrected chi connectivity index (χ1v) is 8.84. The van der Waals surface area contributed by atoms with Gasteiger partial charge < -0.3 is 15.0 Å². The Hall–Kier alpha value is -2.47. The molecule has 0 unspecified atom stereocenters. The fourth-order valence-electron chi connectivity index (χ4n) is 2.27. The second kappa shape index (κ2) is 9.13. The topological polar surface area (TPSA) is 58.6 Å². The average molecular weight is 358 g/mol. The summed E-state index contributed by atoms with van der Waals surface area (Å²) in [6.45, 7) is 1.98. The van der Waals surface area contributed by atoms with Gasteiger partial charge in [0.1, 0.15) is 5.75 Å². The summed E-state index contributed by atoms with van der Waals surface area (Å²) in [6, 6.07) is 15.1. The first-order chi connectivity index (χ1) is 12.0. The molecule has 0 aliphatic carbocycles. The van der Waals surface area contributed by atoms with Crippen LogP contribution >= 0.6 is 11.8 Å². The van der Waals surface area contributed by atoms with E-state index in [9.17, 15) is 9.59 Å². The smallest absolute Gasteiger partial charge is 0.232 e. The number of ether oxygens (including phenoxy) is 1. The molecule has 6 heteroatoms. The second-order valence-electron chi connectivity index (χ2n) is 5.56. The number of carbonyl (C=O) groups is 2. The van der Waals surface area contributed by atoms with E-state index in [2.05, 4.69) is 5.32 Å². The molecule has 2 aromatic rings. The third kappa shape index (κ3) is 5.83. The van der Waals surface area contributed by atoms with Crippen LogP contribution in [0.1, 0.15) is 12.5 Å². The predicted molar refractivity (Wildman–Crippen MR) is 101 cm³/mol. The number of para-hydroxylation sites is 1. The molecule has 1 N–H and O–H groups in total. The van der Waals surface area contributed by atoms with E-state index in [-0.39, 0.29) is 11.8 Å². The zero-order valence-electron chi connectivity index (χ0n) is 14.6. The molecule has 0 aliphatic rings. The summed E-state index contributed by atoms with van der Waals surface area (Å²) in [5.74, 6) is 1.07. The van der Waals surface area contributed by atoms with Gasteiger partial charge in [-0.25, -0.2) is 0 Å². The molecule has 0 aliphatic heterocycles. The SMILES string of the molecule is COc1ccccc1CN(C)C(=O)CSc1ccc(NC(C)=O)cc1. The van der Waals surface area contributed by atoms with Crippen LogP contribution < -0.4 is 10.1 Å². The number of amides is 2. The molecule has 0 radical (unpaired) electrons. The van der Waals surface area contributed by atoms with Crippen molar-refractivity contribution in [3.8, 4) is 5.75 Å². The molecule has 25 heavy (non-hydrogen) atoms. The number of nitrogens with zero attached hydrogens (tertiary/aromatic N) is 1. The van der Waals surface area contributed by atoms with E-state index in [1.165, 1.54) is 18.7 Å². The van der Waals surface area contributed by atoms with Crippen molar-refractivity contribution >= 4 is 29.3 Å². The lowest BCUT2D eigenvalue weighted by Gasteiger charge is -2.18. The monoisotopic (exact) mass is 358 g/mol. The normalized spacial score (nSPS) is 10.2. The lowest BCUT2D eigenvalue weighted by Crippen LogP contribution is -2.27. The Morgan fingerprint density at radius 3 is 2.44 bits per heavy atom. The van der Waals surface area contributed by atoms with Gasteiger partial charge in [-0.1, -0.05) is 18.2 Å². The fourth-order valence-corrected chi connectivity index (χ4v) is 3.11. The third-order valence-corrected chi connectivity index (χ3v) is 4.56. The number of benzene rings is 2. The van der Waals surface area contributed by atoms with Crippen molar-refractivity contribution in [1.29, 1.82) is 0 Å². The quantitative estimate of drug-likeness (QED) is 0.771. The molecule has 5 nitrogen and oxygen atoms in total. The fraction of sp³-hybridized carbons (Fsp3) is 0.263. The summed E-state index contributed by atoms with van der Waals surface area (Å²) in [6.07, 6.45) is 0. The summed E-state index contributed by atoms with van der Waals surface area (Å²) >= 11 is 1.47. The first-order valence-electron chi connectivity index (χ1n) is 7.86. The minimum absolute atomic E-state index is 0.0434. The maximum atomic E-state index is 12.3. The van der Waals surface area contributed by atoms with E-state index in [1.54, 1.807) is 19.1 Å². The molecule has 2 amide bonds. The Labute approximate surface area is 152 Å². The van der Waals surface area contributed by atoms with Gasteiger partial charge in [-0.05, 0) is 30.3 Å². The van der Waals surface area contributed by atoms with Crippen LogP contribution in [0.15, 0.2) is 53.4 Å². The third-order valence-electron chi connectivity index (χ3n) is 3.56. The van der Waals surface area contributed by atoms with Crippen LogP contribution in [0.2, 0.25) is 0 Å². The maximum absolute atomic E-state index is 12.3. The highest BCUT2D eigenvalue weighted by molar-refractivity contribution is 8.00. The van der Waals surface area contributed by atoms with Crippen molar-refractivity contribution in [2.24, 2.45) is 0 Å². The Morgan fingerprint density at radius 2 is 1.80 bits per heavy atom. The van der Waals surface area contributed by atoms with E-state index in [1.807, 2.05) is 48.5 Å². The van der Waals surface area contributed by atoms with Crippen LogP contribution in [0.3, 0.4) is 0 Å². The molecule has 2 aromatic carbocycles. The van der Waals surface area contributed by atoms with Gasteiger partial charge in [-0.3, -0.25) is 9.59 Å². The van der Waals surface area contributed by atoms with Crippen LogP contribution in [0.5, 0.6) is 5.75 Å². The zero-order chi connectivity index (χ0) is 18.2. The van der Waals surface area contributed by atoms with E-state index in [0.29, 0.717) is 12.3 Å². The number of anilines is 1. The van der Waals surface area contributed by atoms with Gasteiger partial charge in [0.2, 0.25) is 11.8 Å². The van der Waals surface area contributed by atoms with Crippen molar-refractivity contribution in [3.05, 3.63) is 54.1 Å². The summed E-state index contributed by atoms with van der Waals surface area (Å²) in [4.78, 5) is 26.0. The molecule has 0 saturated heterocycles. The molecule has 0 spiro atoms. The standard InChI is InChI=1S/C19H22N2O3S/c1-14(22)20-16-8-10-17(11-9-16)25-13-19(23)21(2)12-15-6-4-5-7-18(15)24-3/h4-11H,12-13H2,1-3H3,(H,20,22). The molecule has 0 heterocycles. The van der Waals surface area contributed by atoms with Gasteiger partial charge in [0.25, 0.3) is 0 Å². The van der Waals surface area contributed by atoms with Crippen LogP contribution in [0.25, 0.3) is 0 Å². The molecule has 0 aromatic heterocycles. The minimum Gasteiger partial charge on any atom is -0.496 e. The van der Waals surface area contributed by atoms with Crippen LogP contribution in [-0.2, 0) is 16.1 Å². The lowest BCUT2D eigenvalue weighted by molar-refractivity contribution is -0.127. The number of thioether (sulfide) groups is 1. The first kappa shape index (κ1) is 18.9. The molecule has 0 saturated carbocycles. The number of hydrogen-bond donors (Lipinski definition) is 1. The van der Waals surface area contributed by atoms with Crippen molar-refractivity contribution in [3.63, 3.8) is 0 Å². The summed E-state index contributed by atoms with van der Waals surface area (Å²) in [7, 11) is 3.41. The number of nitrogens with one attached hydrogen (secondary N) is 1. The van der Waals surface area contributed by atoms with Gasteiger partial charge >= 0.3 is 0 Å². The minimum atomic E-state index is -0.103. The Morgan fingerprint density at radius 1 is 1.12 bits per heavy atom. The van der Waals surface area contributed by atoms with E-state index in [0.717, 1.165) is 21.9 Å². The van der Waals surface area contributed by atoms with Gasteiger partial charge in [-0.2, -0.15) is 0 Å². The maximum Gasteiger partial charge on any atom is 0.232 e. The number of rotatable bonds is 7. The lowest BCUT2D eigenvalue weighted by atomic mass is 10.2. The zero-order valence-corrected chi connectivity index (χ0v) is 15.4. The molecule has 132 valence electrons. The Balaban J connectivity index is 1.87. The van der Waals surface area contributed by atoms with Crippen molar-refractivity contribution in [2.45, 2.75) is 18.4 Å². The molecular weight excluding hydrogens is 336 g/mol. The highest BCUT2D eigenvalue weighted by Crippen LogP contribution is 2.22. The number of methoxy groups -OCH3 is 1. The van der Waals surface area contributed by atoms with Crippen molar-refractivity contribution in [2.75, 3.05) is 25.2 Å².